The summed E-state index contributed by atoms with van der Waals surface area (Å²) < 4.78 is 15.8. The third-order valence-electron chi connectivity index (χ3n) is 4.89. The number of benzene rings is 2. The summed E-state index contributed by atoms with van der Waals surface area (Å²) in [6.07, 6.45) is 3.93. The number of hydrogen-bond acceptors (Lipinski definition) is 2. The number of amides is 1. The molecule has 0 saturated heterocycles. The van der Waals surface area contributed by atoms with Crippen LogP contribution in [0, 0.1) is 26.6 Å². The average Bonchev–Trinajstić information content (AvgIpc) is 3.11. The Morgan fingerprint density at radius 1 is 1.00 bits per heavy atom. The maximum absolute atomic E-state index is 13.8. The van der Waals surface area contributed by atoms with E-state index in [9.17, 15) is 9.18 Å². The van der Waals surface area contributed by atoms with Gasteiger partial charge in [-0.15, -0.1) is 0 Å². The Morgan fingerprint density at radius 2 is 1.79 bits per heavy atom. The van der Waals surface area contributed by atoms with Crippen LogP contribution in [0.2, 0.25) is 0 Å². The predicted octanol–water partition coefficient (Wildman–Crippen LogP) is 5.32. The molecule has 0 aliphatic heterocycles. The molecule has 0 atom stereocenters. The predicted molar refractivity (Wildman–Crippen MR) is 109 cm³/mol. The maximum atomic E-state index is 13.8. The van der Waals surface area contributed by atoms with E-state index in [1.807, 2.05) is 61.0 Å². The van der Waals surface area contributed by atoms with E-state index in [-0.39, 0.29) is 11.5 Å². The highest BCUT2D eigenvalue weighted by atomic mass is 19.1. The Kier molecular flexibility index (Phi) is 4.43. The van der Waals surface area contributed by atoms with Crippen molar-refractivity contribution >= 4 is 17.2 Å². The number of nitrogens with one attached hydrogen (secondary N) is 1. The molecule has 2 aromatic carbocycles. The van der Waals surface area contributed by atoms with E-state index >= 15 is 0 Å². The number of fused-ring (bicyclic) bond motifs is 1. The van der Waals surface area contributed by atoms with E-state index in [4.69, 9.17) is 4.98 Å². The summed E-state index contributed by atoms with van der Waals surface area (Å²) in [6, 6.07) is 14.3. The van der Waals surface area contributed by atoms with Crippen molar-refractivity contribution in [3.8, 4) is 11.3 Å². The molecule has 140 valence electrons. The smallest absolute Gasteiger partial charge is 0.255 e. The van der Waals surface area contributed by atoms with Crippen molar-refractivity contribution in [2.75, 3.05) is 5.32 Å². The lowest BCUT2D eigenvalue weighted by Crippen LogP contribution is -2.13. The lowest BCUT2D eigenvalue weighted by molar-refractivity contribution is 0.102. The topological polar surface area (TPSA) is 46.4 Å². The first-order valence-corrected chi connectivity index (χ1v) is 9.05. The SMILES string of the molecule is Cc1ccc(C(=O)Nc2cc(-c3cn4cccc(C)c4n3)ccc2C)cc1F. The van der Waals surface area contributed by atoms with Crippen LogP contribution >= 0.6 is 0 Å². The van der Waals surface area contributed by atoms with Crippen LogP contribution in [0.25, 0.3) is 16.9 Å². The van der Waals surface area contributed by atoms with Gasteiger partial charge in [-0.3, -0.25) is 4.79 Å². The van der Waals surface area contributed by atoms with Crippen LogP contribution in [-0.2, 0) is 0 Å². The van der Waals surface area contributed by atoms with Crippen molar-refractivity contribution < 1.29 is 9.18 Å². The fourth-order valence-electron chi connectivity index (χ4n) is 3.14. The molecule has 2 aromatic heterocycles. The Bertz CT molecular complexity index is 1210. The molecule has 0 fully saturated rings. The van der Waals surface area contributed by atoms with Crippen molar-refractivity contribution in [1.29, 1.82) is 0 Å². The van der Waals surface area contributed by atoms with Gasteiger partial charge in [-0.1, -0.05) is 24.3 Å². The van der Waals surface area contributed by atoms with E-state index < -0.39 is 5.82 Å². The number of imidazole rings is 1. The number of hydrogen-bond donors (Lipinski definition) is 1. The van der Waals surface area contributed by atoms with E-state index in [0.717, 1.165) is 28.0 Å². The molecule has 0 saturated carbocycles. The van der Waals surface area contributed by atoms with Gasteiger partial charge in [0.25, 0.3) is 5.91 Å². The summed E-state index contributed by atoms with van der Waals surface area (Å²) >= 11 is 0. The number of carbonyl (C=O) groups is 1. The molecule has 4 rings (SSSR count). The standard InChI is InChI=1S/C23H20FN3O/c1-14-6-9-18(11-19(14)24)23(28)26-20-12-17(8-7-15(20)2)21-13-27-10-4-5-16(3)22(27)25-21/h4-13H,1-3H3,(H,26,28). The minimum absolute atomic E-state index is 0.288. The van der Waals surface area contributed by atoms with Crippen LogP contribution in [0.1, 0.15) is 27.0 Å². The molecular weight excluding hydrogens is 353 g/mol. The van der Waals surface area contributed by atoms with Crippen LogP contribution in [-0.4, -0.2) is 15.3 Å². The first-order valence-electron chi connectivity index (χ1n) is 9.05. The largest absolute Gasteiger partial charge is 0.322 e. The third kappa shape index (κ3) is 3.27. The molecule has 0 bridgehead atoms. The molecule has 28 heavy (non-hydrogen) atoms. The number of aromatic nitrogens is 2. The molecule has 0 aliphatic carbocycles. The van der Waals surface area contributed by atoms with Gasteiger partial charge in [0.05, 0.1) is 5.69 Å². The van der Waals surface area contributed by atoms with Gasteiger partial charge in [-0.2, -0.15) is 0 Å². The van der Waals surface area contributed by atoms with Gasteiger partial charge in [0.15, 0.2) is 0 Å². The normalized spacial score (nSPS) is 11.0. The van der Waals surface area contributed by atoms with Crippen molar-refractivity contribution in [3.63, 3.8) is 0 Å². The second kappa shape index (κ2) is 6.93. The van der Waals surface area contributed by atoms with Crippen LogP contribution in [0.3, 0.4) is 0 Å². The Hall–Kier alpha value is -3.47. The molecule has 4 nitrogen and oxygen atoms in total. The maximum Gasteiger partial charge on any atom is 0.255 e. The zero-order valence-electron chi connectivity index (χ0n) is 16.0. The highest BCUT2D eigenvalue weighted by Crippen LogP contribution is 2.26. The highest BCUT2D eigenvalue weighted by molar-refractivity contribution is 6.05. The summed E-state index contributed by atoms with van der Waals surface area (Å²) in [5, 5.41) is 2.89. The zero-order chi connectivity index (χ0) is 19.8. The number of carbonyl (C=O) groups excluding carboxylic acids is 1. The molecule has 4 aromatic rings. The molecule has 0 aliphatic rings. The molecule has 5 heteroatoms. The number of halogens is 1. The quantitative estimate of drug-likeness (QED) is 0.528. The Labute approximate surface area is 162 Å². The molecular formula is C23H20FN3O. The molecule has 0 spiro atoms. The summed E-state index contributed by atoms with van der Waals surface area (Å²) in [4.78, 5) is 17.3. The second-order valence-electron chi connectivity index (χ2n) is 7.00. The van der Waals surface area contributed by atoms with Gasteiger partial charge in [0.2, 0.25) is 0 Å². The van der Waals surface area contributed by atoms with Crippen LogP contribution in [0.5, 0.6) is 0 Å². The van der Waals surface area contributed by atoms with Gasteiger partial charge in [-0.25, -0.2) is 9.37 Å². The van der Waals surface area contributed by atoms with Crippen molar-refractivity contribution in [2.24, 2.45) is 0 Å². The number of pyridine rings is 1. The summed E-state index contributed by atoms with van der Waals surface area (Å²) in [5.74, 6) is -0.733. The summed E-state index contributed by atoms with van der Waals surface area (Å²) in [7, 11) is 0. The second-order valence-corrected chi connectivity index (χ2v) is 7.00. The summed E-state index contributed by atoms with van der Waals surface area (Å²) in [6.45, 7) is 5.61. The molecule has 2 heterocycles. The van der Waals surface area contributed by atoms with Gasteiger partial charge in [0.1, 0.15) is 11.5 Å². The van der Waals surface area contributed by atoms with Crippen molar-refractivity contribution in [3.05, 3.63) is 89.0 Å². The first kappa shape index (κ1) is 17.9. The fourth-order valence-corrected chi connectivity index (χ4v) is 3.14. The van der Waals surface area contributed by atoms with Gasteiger partial charge < -0.3 is 9.72 Å². The third-order valence-corrected chi connectivity index (χ3v) is 4.89. The summed E-state index contributed by atoms with van der Waals surface area (Å²) in [5.41, 5.74) is 6.12. The van der Waals surface area contributed by atoms with Crippen molar-refractivity contribution in [2.45, 2.75) is 20.8 Å². The van der Waals surface area contributed by atoms with E-state index in [1.54, 1.807) is 19.1 Å². The minimum Gasteiger partial charge on any atom is -0.322 e. The van der Waals surface area contributed by atoms with Crippen LogP contribution < -0.4 is 5.32 Å². The van der Waals surface area contributed by atoms with Gasteiger partial charge >= 0.3 is 0 Å². The molecule has 1 amide bonds. The number of aryl methyl sites for hydroxylation is 3. The van der Waals surface area contributed by atoms with E-state index in [2.05, 4.69) is 5.32 Å². The zero-order valence-corrected chi connectivity index (χ0v) is 16.0. The highest BCUT2D eigenvalue weighted by Gasteiger charge is 2.12. The Morgan fingerprint density at radius 3 is 2.54 bits per heavy atom. The van der Waals surface area contributed by atoms with E-state index in [1.165, 1.54) is 6.07 Å². The lowest BCUT2D eigenvalue weighted by atomic mass is 10.1. The van der Waals surface area contributed by atoms with Crippen LogP contribution in [0.4, 0.5) is 10.1 Å². The average molecular weight is 373 g/mol. The van der Waals surface area contributed by atoms with Crippen molar-refractivity contribution in [1.82, 2.24) is 9.38 Å². The van der Waals surface area contributed by atoms with Gasteiger partial charge in [0, 0.05) is 29.2 Å². The molecule has 1 N–H and O–H groups in total. The molecule has 0 unspecified atom stereocenters. The van der Waals surface area contributed by atoms with Gasteiger partial charge in [-0.05, 0) is 61.7 Å². The fraction of sp³-hybridized carbons (Fsp3) is 0.130. The van der Waals surface area contributed by atoms with Crippen LogP contribution in [0.15, 0.2) is 60.9 Å². The number of nitrogens with zero attached hydrogens (tertiary/aromatic N) is 2. The number of anilines is 1. The monoisotopic (exact) mass is 373 g/mol. The molecule has 0 radical (unpaired) electrons. The lowest BCUT2D eigenvalue weighted by Gasteiger charge is -2.10. The minimum atomic E-state index is -0.391. The number of rotatable bonds is 3. The van der Waals surface area contributed by atoms with E-state index in [0.29, 0.717) is 11.3 Å². The Balaban J connectivity index is 1.67. The first-order chi connectivity index (χ1) is 13.4.